The van der Waals surface area contributed by atoms with Crippen LogP contribution in [0.25, 0.3) is 0 Å². The Labute approximate surface area is 120 Å². The van der Waals surface area contributed by atoms with Crippen molar-refractivity contribution in [3.63, 3.8) is 0 Å². The second kappa shape index (κ2) is 5.56. The summed E-state index contributed by atoms with van der Waals surface area (Å²) in [5.74, 6) is 9.53. The van der Waals surface area contributed by atoms with Crippen LogP contribution in [0.4, 0.5) is 11.6 Å². The second-order valence-corrected chi connectivity index (χ2v) is 6.30. The number of nitrogens with two attached hydrogens (primary N) is 1. The molecule has 0 spiro atoms. The summed E-state index contributed by atoms with van der Waals surface area (Å²) in [7, 11) is 0. The normalized spacial score (nSPS) is 20.9. The third-order valence-electron chi connectivity index (χ3n) is 4.71. The number of rotatable bonds is 5. The summed E-state index contributed by atoms with van der Waals surface area (Å²) in [6.45, 7) is 4.29. The first-order valence-corrected chi connectivity index (χ1v) is 7.80. The van der Waals surface area contributed by atoms with Crippen molar-refractivity contribution < 1.29 is 0 Å². The van der Waals surface area contributed by atoms with Crippen molar-refractivity contribution in [2.24, 2.45) is 11.8 Å². The van der Waals surface area contributed by atoms with Crippen LogP contribution >= 0.6 is 0 Å². The average Bonchev–Trinajstić information content (AvgIpc) is 3.15. The van der Waals surface area contributed by atoms with Crippen LogP contribution in [0.15, 0.2) is 0 Å². The highest BCUT2D eigenvalue weighted by Crippen LogP contribution is 2.39. The molecule has 1 aromatic rings. The number of hydrogen-bond donors (Lipinski definition) is 3. The standard InChI is InChI=1S/C15H25N5/c1-9-13(17-10(2)11-5-3-4-6-11)18-15(12-7-8-12)19-14(9)20-16/h10-12H,3-8,16H2,1-2H3,(H2,17,18,19,20). The van der Waals surface area contributed by atoms with Gasteiger partial charge in [0.1, 0.15) is 17.5 Å². The molecule has 0 aliphatic heterocycles. The Morgan fingerprint density at radius 2 is 1.75 bits per heavy atom. The molecule has 4 N–H and O–H groups in total. The van der Waals surface area contributed by atoms with E-state index in [4.69, 9.17) is 10.8 Å². The third-order valence-corrected chi connectivity index (χ3v) is 4.71. The zero-order valence-electron chi connectivity index (χ0n) is 12.4. The highest BCUT2D eigenvalue weighted by Gasteiger charge is 2.29. The summed E-state index contributed by atoms with van der Waals surface area (Å²) in [4.78, 5) is 9.27. The van der Waals surface area contributed by atoms with Crippen molar-refractivity contribution in [3.8, 4) is 0 Å². The lowest BCUT2D eigenvalue weighted by atomic mass is 10.00. The molecule has 5 heteroatoms. The summed E-state index contributed by atoms with van der Waals surface area (Å²) < 4.78 is 0. The Kier molecular flexibility index (Phi) is 3.78. The molecule has 1 heterocycles. The van der Waals surface area contributed by atoms with E-state index in [9.17, 15) is 0 Å². The fourth-order valence-electron chi connectivity index (χ4n) is 3.13. The lowest BCUT2D eigenvalue weighted by molar-refractivity contribution is 0.480. The van der Waals surface area contributed by atoms with Crippen LogP contribution in [0.5, 0.6) is 0 Å². The maximum Gasteiger partial charge on any atom is 0.148 e. The van der Waals surface area contributed by atoms with Gasteiger partial charge in [-0.2, -0.15) is 0 Å². The SMILES string of the molecule is Cc1c(NN)nc(C2CC2)nc1NC(C)C1CCCC1. The summed E-state index contributed by atoms with van der Waals surface area (Å²) >= 11 is 0. The first-order chi connectivity index (χ1) is 9.69. The maximum atomic E-state index is 5.59. The quantitative estimate of drug-likeness (QED) is 0.569. The summed E-state index contributed by atoms with van der Waals surface area (Å²) in [5, 5.41) is 3.60. The predicted molar refractivity (Wildman–Crippen MR) is 81.6 cm³/mol. The van der Waals surface area contributed by atoms with E-state index in [1.54, 1.807) is 0 Å². The molecule has 20 heavy (non-hydrogen) atoms. The molecule has 1 aromatic heterocycles. The minimum atomic E-state index is 0.462. The van der Waals surface area contributed by atoms with Gasteiger partial charge in [0.2, 0.25) is 0 Å². The number of hydrogen-bond acceptors (Lipinski definition) is 5. The molecular formula is C15H25N5. The van der Waals surface area contributed by atoms with Gasteiger partial charge in [-0.05, 0) is 45.4 Å². The van der Waals surface area contributed by atoms with Crippen molar-refractivity contribution in [1.29, 1.82) is 0 Å². The molecule has 2 aliphatic carbocycles. The molecule has 2 aliphatic rings. The molecule has 2 saturated carbocycles. The van der Waals surface area contributed by atoms with E-state index in [1.807, 2.05) is 6.92 Å². The van der Waals surface area contributed by atoms with Gasteiger partial charge < -0.3 is 10.7 Å². The van der Waals surface area contributed by atoms with Gasteiger partial charge in [-0.3, -0.25) is 0 Å². The van der Waals surface area contributed by atoms with Crippen LogP contribution < -0.4 is 16.6 Å². The molecule has 110 valence electrons. The van der Waals surface area contributed by atoms with Crippen LogP contribution in [0.1, 0.15) is 62.8 Å². The predicted octanol–water partition coefficient (Wildman–Crippen LogP) is 2.94. The number of anilines is 2. The zero-order valence-corrected chi connectivity index (χ0v) is 12.4. The van der Waals surface area contributed by atoms with Crippen LogP contribution in [0.3, 0.4) is 0 Å². The fraction of sp³-hybridized carbons (Fsp3) is 0.733. The van der Waals surface area contributed by atoms with Crippen molar-refractivity contribution >= 4 is 11.6 Å². The molecule has 3 rings (SSSR count). The van der Waals surface area contributed by atoms with Gasteiger partial charge in [0.05, 0.1) is 0 Å². The molecule has 1 unspecified atom stereocenters. The Bertz CT molecular complexity index is 477. The Balaban J connectivity index is 1.81. The van der Waals surface area contributed by atoms with E-state index in [1.165, 1.54) is 38.5 Å². The molecule has 0 aromatic carbocycles. The maximum absolute atomic E-state index is 5.59. The largest absolute Gasteiger partial charge is 0.367 e. The minimum Gasteiger partial charge on any atom is -0.367 e. The van der Waals surface area contributed by atoms with E-state index >= 15 is 0 Å². The van der Waals surface area contributed by atoms with Crippen molar-refractivity contribution in [1.82, 2.24) is 9.97 Å². The molecule has 5 nitrogen and oxygen atoms in total. The van der Waals surface area contributed by atoms with Crippen LogP contribution in [-0.2, 0) is 0 Å². The Morgan fingerprint density at radius 1 is 1.10 bits per heavy atom. The molecule has 2 fully saturated rings. The molecule has 0 bridgehead atoms. The minimum absolute atomic E-state index is 0.462. The van der Waals surface area contributed by atoms with Gasteiger partial charge in [-0.25, -0.2) is 15.8 Å². The second-order valence-electron chi connectivity index (χ2n) is 6.30. The number of aromatic nitrogens is 2. The summed E-state index contributed by atoms with van der Waals surface area (Å²) in [5.41, 5.74) is 3.73. The third kappa shape index (κ3) is 2.73. The first kappa shape index (κ1) is 13.6. The van der Waals surface area contributed by atoms with E-state index in [0.717, 1.165) is 28.9 Å². The highest BCUT2D eigenvalue weighted by molar-refractivity contribution is 5.57. The van der Waals surface area contributed by atoms with Crippen molar-refractivity contribution in [2.45, 2.75) is 64.3 Å². The molecular weight excluding hydrogens is 250 g/mol. The van der Waals surface area contributed by atoms with Gasteiger partial charge in [0.25, 0.3) is 0 Å². The summed E-state index contributed by atoms with van der Waals surface area (Å²) in [6.07, 6.45) is 7.78. The van der Waals surface area contributed by atoms with E-state index in [0.29, 0.717) is 12.0 Å². The van der Waals surface area contributed by atoms with E-state index < -0.39 is 0 Å². The lowest BCUT2D eigenvalue weighted by Gasteiger charge is -2.23. The monoisotopic (exact) mass is 275 g/mol. The van der Waals surface area contributed by atoms with Crippen LogP contribution in [0, 0.1) is 12.8 Å². The first-order valence-electron chi connectivity index (χ1n) is 7.80. The molecule has 0 radical (unpaired) electrons. The number of hydrazine groups is 1. The van der Waals surface area contributed by atoms with Gasteiger partial charge in [-0.15, -0.1) is 0 Å². The topological polar surface area (TPSA) is 75.9 Å². The number of nitrogens with one attached hydrogen (secondary N) is 2. The smallest absolute Gasteiger partial charge is 0.148 e. The average molecular weight is 275 g/mol. The highest BCUT2D eigenvalue weighted by atomic mass is 15.3. The van der Waals surface area contributed by atoms with Crippen molar-refractivity contribution in [2.75, 3.05) is 10.7 Å². The molecule has 0 amide bonds. The zero-order chi connectivity index (χ0) is 14.1. The Hall–Kier alpha value is -1.36. The van der Waals surface area contributed by atoms with Crippen LogP contribution in [0.2, 0.25) is 0 Å². The lowest BCUT2D eigenvalue weighted by Crippen LogP contribution is -2.26. The van der Waals surface area contributed by atoms with Gasteiger partial charge >= 0.3 is 0 Å². The van der Waals surface area contributed by atoms with Gasteiger partial charge in [0.15, 0.2) is 0 Å². The van der Waals surface area contributed by atoms with Gasteiger partial charge in [0, 0.05) is 17.5 Å². The summed E-state index contributed by atoms with van der Waals surface area (Å²) in [6, 6.07) is 0.462. The number of nitrogens with zero attached hydrogens (tertiary/aromatic N) is 2. The number of nitrogen functional groups attached to an aromatic ring is 1. The Morgan fingerprint density at radius 3 is 2.35 bits per heavy atom. The molecule has 0 saturated heterocycles. The van der Waals surface area contributed by atoms with E-state index in [2.05, 4.69) is 22.7 Å². The van der Waals surface area contributed by atoms with E-state index in [-0.39, 0.29) is 0 Å². The van der Waals surface area contributed by atoms with Crippen molar-refractivity contribution in [3.05, 3.63) is 11.4 Å². The fourth-order valence-corrected chi connectivity index (χ4v) is 3.13. The molecule has 1 atom stereocenters. The van der Waals surface area contributed by atoms with Gasteiger partial charge in [-0.1, -0.05) is 12.8 Å². The van der Waals surface area contributed by atoms with Crippen LogP contribution in [-0.4, -0.2) is 16.0 Å².